The van der Waals surface area contributed by atoms with E-state index in [1.165, 1.54) is 25.9 Å². The van der Waals surface area contributed by atoms with Gasteiger partial charge < -0.3 is 14.8 Å². The number of aromatic nitrogens is 1. The molecule has 2 aromatic rings. The maximum atomic E-state index is 12.8. The fourth-order valence-electron chi connectivity index (χ4n) is 4.73. The largest absolute Gasteiger partial charge is 0.348 e. The van der Waals surface area contributed by atoms with E-state index < -0.39 is 0 Å². The minimum absolute atomic E-state index is 0.0335. The lowest BCUT2D eigenvalue weighted by molar-refractivity contribution is 0.0767. The number of carbonyl (C=O) groups excluding carboxylic acids is 1. The summed E-state index contributed by atoms with van der Waals surface area (Å²) in [5.74, 6) is 1.61. The predicted octanol–water partition coefficient (Wildman–Crippen LogP) is 3.68. The first-order chi connectivity index (χ1) is 12.0. The van der Waals surface area contributed by atoms with Crippen molar-refractivity contribution in [3.63, 3.8) is 0 Å². The van der Waals surface area contributed by atoms with Gasteiger partial charge in [0.05, 0.1) is 0 Å². The van der Waals surface area contributed by atoms with Gasteiger partial charge in [-0.3, -0.25) is 4.79 Å². The molecule has 3 atom stereocenters. The molecule has 0 bridgehead atoms. The molecule has 1 aliphatic heterocycles. The third-order valence-corrected chi connectivity index (χ3v) is 6.38. The van der Waals surface area contributed by atoms with Crippen LogP contribution >= 0.6 is 11.6 Å². The maximum absolute atomic E-state index is 12.8. The Bertz CT molecular complexity index is 800. The van der Waals surface area contributed by atoms with Crippen molar-refractivity contribution in [3.8, 4) is 0 Å². The minimum Gasteiger partial charge on any atom is -0.348 e. The van der Waals surface area contributed by atoms with Gasteiger partial charge in [0.1, 0.15) is 5.69 Å². The summed E-state index contributed by atoms with van der Waals surface area (Å²) in [7, 11) is 4.16. The Morgan fingerprint density at radius 1 is 1.16 bits per heavy atom. The van der Waals surface area contributed by atoms with Crippen molar-refractivity contribution >= 4 is 28.4 Å². The number of likely N-dealkylation sites (tertiary alicyclic amines) is 1. The van der Waals surface area contributed by atoms with Gasteiger partial charge in [0.2, 0.25) is 0 Å². The van der Waals surface area contributed by atoms with Crippen LogP contribution in [0.3, 0.4) is 0 Å². The third kappa shape index (κ3) is 3.30. The van der Waals surface area contributed by atoms with Gasteiger partial charge in [0.25, 0.3) is 5.91 Å². The summed E-state index contributed by atoms with van der Waals surface area (Å²) >= 11 is 6.08. The summed E-state index contributed by atoms with van der Waals surface area (Å²) < 4.78 is 1.96. The minimum atomic E-state index is 0.0335. The smallest absolute Gasteiger partial charge is 0.268 e. The van der Waals surface area contributed by atoms with Crippen molar-refractivity contribution in [2.24, 2.45) is 18.9 Å². The van der Waals surface area contributed by atoms with Crippen molar-refractivity contribution in [1.29, 1.82) is 0 Å². The van der Waals surface area contributed by atoms with E-state index in [-0.39, 0.29) is 5.91 Å². The highest BCUT2D eigenvalue weighted by Crippen LogP contribution is 2.36. The second-order valence-electron chi connectivity index (χ2n) is 7.85. The highest BCUT2D eigenvalue weighted by molar-refractivity contribution is 6.31. The zero-order chi connectivity index (χ0) is 17.6. The van der Waals surface area contributed by atoms with Gasteiger partial charge >= 0.3 is 0 Å². The number of piperidine rings is 1. The first-order valence-corrected chi connectivity index (χ1v) is 9.63. The average Bonchev–Trinajstić information content (AvgIpc) is 2.91. The van der Waals surface area contributed by atoms with Crippen LogP contribution in [0.4, 0.5) is 0 Å². The van der Waals surface area contributed by atoms with Gasteiger partial charge in [-0.05, 0) is 75.4 Å². The molecule has 0 radical (unpaired) electrons. The molecule has 4 rings (SSSR count). The molecule has 134 valence electrons. The molecule has 1 saturated carbocycles. The van der Waals surface area contributed by atoms with Gasteiger partial charge in [-0.15, -0.1) is 0 Å². The number of nitrogens with one attached hydrogen (secondary N) is 1. The van der Waals surface area contributed by atoms with Gasteiger partial charge in [-0.25, -0.2) is 0 Å². The van der Waals surface area contributed by atoms with Crippen LogP contribution < -0.4 is 5.32 Å². The molecule has 1 aromatic carbocycles. The van der Waals surface area contributed by atoms with Crippen molar-refractivity contribution < 1.29 is 4.79 Å². The number of fused-ring (bicyclic) bond motifs is 2. The molecule has 1 aromatic heterocycles. The van der Waals surface area contributed by atoms with E-state index in [4.69, 9.17) is 11.6 Å². The highest BCUT2D eigenvalue weighted by Gasteiger charge is 2.34. The van der Waals surface area contributed by atoms with Gasteiger partial charge in [-0.1, -0.05) is 11.6 Å². The predicted molar refractivity (Wildman–Crippen MR) is 102 cm³/mol. The molecule has 5 heteroatoms. The second kappa shape index (κ2) is 6.65. The van der Waals surface area contributed by atoms with Gasteiger partial charge in [0.15, 0.2) is 0 Å². The summed E-state index contributed by atoms with van der Waals surface area (Å²) in [5.41, 5.74) is 1.75. The zero-order valence-corrected chi connectivity index (χ0v) is 15.7. The fraction of sp³-hybridized carbons (Fsp3) is 0.550. The molecular weight excluding hydrogens is 334 g/mol. The van der Waals surface area contributed by atoms with Crippen molar-refractivity contribution in [2.75, 3.05) is 20.1 Å². The molecule has 0 spiro atoms. The van der Waals surface area contributed by atoms with E-state index in [1.807, 2.05) is 35.9 Å². The first kappa shape index (κ1) is 16.9. The SMILES string of the molecule is CN1CCC2CC(NC(=O)c3cc4cc(Cl)ccc4n3C)CCC2C1. The number of benzene rings is 1. The Morgan fingerprint density at radius 3 is 2.84 bits per heavy atom. The van der Waals surface area contributed by atoms with Gasteiger partial charge in [-0.2, -0.15) is 0 Å². The number of carbonyl (C=O) groups is 1. The summed E-state index contributed by atoms with van der Waals surface area (Å²) in [6.07, 6.45) is 4.71. The van der Waals surface area contributed by atoms with Crippen LogP contribution in [0.5, 0.6) is 0 Å². The van der Waals surface area contributed by atoms with E-state index in [9.17, 15) is 4.79 Å². The molecule has 1 N–H and O–H groups in total. The lowest BCUT2D eigenvalue weighted by atomic mass is 9.73. The Morgan fingerprint density at radius 2 is 2.00 bits per heavy atom. The summed E-state index contributed by atoms with van der Waals surface area (Å²) in [6.45, 7) is 2.40. The number of amides is 1. The Balaban J connectivity index is 1.46. The fourth-order valence-corrected chi connectivity index (χ4v) is 4.91. The molecule has 25 heavy (non-hydrogen) atoms. The summed E-state index contributed by atoms with van der Waals surface area (Å²) in [4.78, 5) is 15.3. The number of aryl methyl sites for hydroxylation is 1. The van der Waals surface area contributed by atoms with E-state index in [0.29, 0.717) is 16.8 Å². The molecule has 3 unspecified atom stereocenters. The van der Waals surface area contributed by atoms with Crippen LogP contribution in [0.1, 0.15) is 36.2 Å². The second-order valence-corrected chi connectivity index (χ2v) is 8.28. The maximum Gasteiger partial charge on any atom is 0.268 e. The van der Waals surface area contributed by atoms with Crippen LogP contribution in [-0.4, -0.2) is 41.6 Å². The van der Waals surface area contributed by atoms with Crippen molar-refractivity contribution in [3.05, 3.63) is 35.0 Å². The highest BCUT2D eigenvalue weighted by atomic mass is 35.5. The molecule has 2 heterocycles. The Labute approximate surface area is 154 Å². The average molecular weight is 360 g/mol. The third-order valence-electron chi connectivity index (χ3n) is 6.14. The molecule has 1 aliphatic carbocycles. The van der Waals surface area contributed by atoms with Gasteiger partial charge in [0, 0.05) is 35.6 Å². The zero-order valence-electron chi connectivity index (χ0n) is 15.0. The Hall–Kier alpha value is -1.52. The van der Waals surface area contributed by atoms with E-state index in [2.05, 4.69) is 17.3 Å². The van der Waals surface area contributed by atoms with Crippen LogP contribution in [-0.2, 0) is 7.05 Å². The molecule has 2 fully saturated rings. The molecular formula is C20H26ClN3O. The number of nitrogens with zero attached hydrogens (tertiary/aromatic N) is 2. The molecule has 1 saturated heterocycles. The number of halogens is 1. The number of hydrogen-bond acceptors (Lipinski definition) is 2. The number of rotatable bonds is 2. The quantitative estimate of drug-likeness (QED) is 0.888. The molecule has 4 nitrogen and oxygen atoms in total. The Kier molecular flexibility index (Phi) is 4.50. The lowest BCUT2D eigenvalue weighted by Crippen LogP contribution is -2.46. The standard InChI is InChI=1S/C20H26ClN3O/c1-23-8-7-13-10-17(5-3-14(13)12-23)22-20(25)19-11-15-9-16(21)4-6-18(15)24(19)2/h4,6,9,11,13-14,17H,3,5,7-8,10,12H2,1-2H3,(H,22,25). The van der Waals surface area contributed by atoms with E-state index >= 15 is 0 Å². The monoisotopic (exact) mass is 359 g/mol. The summed E-state index contributed by atoms with van der Waals surface area (Å²) in [5, 5.41) is 5.00. The summed E-state index contributed by atoms with van der Waals surface area (Å²) in [6, 6.07) is 8.00. The van der Waals surface area contributed by atoms with Crippen LogP contribution in [0, 0.1) is 11.8 Å². The van der Waals surface area contributed by atoms with E-state index in [1.54, 1.807) is 0 Å². The number of hydrogen-bond donors (Lipinski definition) is 1. The van der Waals surface area contributed by atoms with Crippen molar-refractivity contribution in [2.45, 2.75) is 31.7 Å². The van der Waals surface area contributed by atoms with Crippen LogP contribution in [0.15, 0.2) is 24.3 Å². The topological polar surface area (TPSA) is 37.3 Å². The molecule has 2 aliphatic rings. The van der Waals surface area contributed by atoms with Crippen LogP contribution in [0.2, 0.25) is 5.02 Å². The molecule has 1 amide bonds. The van der Waals surface area contributed by atoms with Crippen molar-refractivity contribution in [1.82, 2.24) is 14.8 Å². The van der Waals surface area contributed by atoms with E-state index in [0.717, 1.165) is 35.6 Å². The first-order valence-electron chi connectivity index (χ1n) is 9.25. The van der Waals surface area contributed by atoms with Crippen LogP contribution in [0.25, 0.3) is 10.9 Å². The lowest BCUT2D eigenvalue weighted by Gasteiger charge is -2.42. The normalized spacial score (nSPS) is 27.2.